The van der Waals surface area contributed by atoms with Crippen LogP contribution in [0.4, 0.5) is 22.1 Å². The number of anilines is 3. The monoisotopic (exact) mass is 379 g/mol. The zero-order valence-corrected chi connectivity index (χ0v) is 15.4. The number of benzene rings is 2. The average Bonchev–Trinajstić information content (AvgIpc) is 2.73. The normalized spacial score (nSPS) is 10.0. The fourth-order valence-electron chi connectivity index (χ4n) is 2.31. The number of hydrogen-bond acceptors (Lipinski definition) is 6. The van der Waals surface area contributed by atoms with Crippen molar-refractivity contribution in [3.05, 3.63) is 66.7 Å². The Hall–Kier alpha value is -3.81. The van der Waals surface area contributed by atoms with Gasteiger partial charge in [-0.1, -0.05) is 18.2 Å². The van der Waals surface area contributed by atoms with Gasteiger partial charge in [0.2, 0.25) is 0 Å². The molecule has 0 bridgehead atoms. The van der Waals surface area contributed by atoms with Crippen LogP contribution in [0.15, 0.2) is 66.7 Å². The van der Waals surface area contributed by atoms with Crippen molar-refractivity contribution in [3.8, 4) is 11.5 Å². The van der Waals surface area contributed by atoms with E-state index in [2.05, 4.69) is 26.1 Å². The fourth-order valence-corrected chi connectivity index (χ4v) is 2.31. The van der Waals surface area contributed by atoms with Gasteiger partial charge in [0.1, 0.15) is 23.9 Å². The molecule has 0 atom stereocenters. The average molecular weight is 379 g/mol. The van der Waals surface area contributed by atoms with E-state index in [9.17, 15) is 4.79 Å². The SMILES string of the molecule is COc1ccc(OCCNc2ccc(NC(=O)Nc3ccccc3)nn2)cc1. The lowest BCUT2D eigenvalue weighted by Gasteiger charge is -2.09. The highest BCUT2D eigenvalue weighted by Gasteiger charge is 2.04. The van der Waals surface area contributed by atoms with Gasteiger partial charge in [-0.3, -0.25) is 5.32 Å². The van der Waals surface area contributed by atoms with Gasteiger partial charge in [-0.15, -0.1) is 10.2 Å². The van der Waals surface area contributed by atoms with Crippen LogP contribution >= 0.6 is 0 Å². The number of rotatable bonds is 8. The molecule has 1 heterocycles. The largest absolute Gasteiger partial charge is 0.497 e. The van der Waals surface area contributed by atoms with E-state index in [1.54, 1.807) is 31.4 Å². The third-order valence-electron chi connectivity index (χ3n) is 3.67. The molecule has 3 rings (SSSR count). The van der Waals surface area contributed by atoms with Crippen LogP contribution in [0.2, 0.25) is 0 Å². The highest BCUT2D eigenvalue weighted by atomic mass is 16.5. The molecule has 0 spiro atoms. The van der Waals surface area contributed by atoms with E-state index in [1.165, 1.54) is 0 Å². The Morgan fingerprint density at radius 1 is 0.857 bits per heavy atom. The maximum atomic E-state index is 11.9. The topological polar surface area (TPSA) is 97.4 Å². The van der Waals surface area contributed by atoms with Crippen molar-refractivity contribution in [2.75, 3.05) is 36.2 Å². The number of methoxy groups -OCH3 is 1. The first-order valence-electron chi connectivity index (χ1n) is 8.70. The molecule has 0 aliphatic heterocycles. The van der Waals surface area contributed by atoms with Crippen LogP contribution in [-0.2, 0) is 0 Å². The van der Waals surface area contributed by atoms with Crippen LogP contribution in [0.3, 0.4) is 0 Å². The predicted octanol–water partition coefficient (Wildman–Crippen LogP) is 3.62. The van der Waals surface area contributed by atoms with Gasteiger partial charge in [0.25, 0.3) is 0 Å². The molecule has 8 heteroatoms. The Bertz CT molecular complexity index is 871. The zero-order chi connectivity index (χ0) is 19.6. The molecular formula is C20H21N5O3. The van der Waals surface area contributed by atoms with Gasteiger partial charge >= 0.3 is 6.03 Å². The van der Waals surface area contributed by atoms with Crippen LogP contribution < -0.4 is 25.4 Å². The van der Waals surface area contributed by atoms with Crippen LogP contribution in [0.25, 0.3) is 0 Å². The van der Waals surface area contributed by atoms with Crippen molar-refractivity contribution in [1.29, 1.82) is 0 Å². The lowest BCUT2D eigenvalue weighted by molar-refractivity contribution is 0.262. The minimum Gasteiger partial charge on any atom is -0.497 e. The zero-order valence-electron chi connectivity index (χ0n) is 15.4. The molecule has 28 heavy (non-hydrogen) atoms. The summed E-state index contributed by atoms with van der Waals surface area (Å²) in [4.78, 5) is 11.9. The van der Waals surface area contributed by atoms with Gasteiger partial charge in [-0.25, -0.2) is 4.79 Å². The van der Waals surface area contributed by atoms with Crippen molar-refractivity contribution in [3.63, 3.8) is 0 Å². The molecular weight excluding hydrogens is 358 g/mol. The van der Waals surface area contributed by atoms with E-state index in [0.29, 0.717) is 30.5 Å². The summed E-state index contributed by atoms with van der Waals surface area (Å²) in [6.07, 6.45) is 0. The van der Waals surface area contributed by atoms with E-state index < -0.39 is 0 Å². The van der Waals surface area contributed by atoms with Gasteiger partial charge in [0.15, 0.2) is 5.82 Å². The smallest absolute Gasteiger partial charge is 0.324 e. The van der Waals surface area contributed by atoms with Crippen LogP contribution in [-0.4, -0.2) is 36.5 Å². The minimum absolute atomic E-state index is 0.355. The summed E-state index contributed by atoms with van der Waals surface area (Å²) < 4.78 is 10.7. The van der Waals surface area contributed by atoms with Crippen molar-refractivity contribution in [2.45, 2.75) is 0 Å². The quantitative estimate of drug-likeness (QED) is 0.517. The third-order valence-corrected chi connectivity index (χ3v) is 3.67. The summed E-state index contributed by atoms with van der Waals surface area (Å²) in [7, 11) is 1.62. The number of carbonyl (C=O) groups is 1. The first kappa shape index (κ1) is 19.0. The summed E-state index contributed by atoms with van der Waals surface area (Å²) in [6, 6.07) is 19.6. The van der Waals surface area contributed by atoms with Gasteiger partial charge in [-0.2, -0.15) is 0 Å². The number of para-hydroxylation sites is 1. The molecule has 8 nitrogen and oxygen atoms in total. The third kappa shape index (κ3) is 5.87. The van der Waals surface area contributed by atoms with Crippen LogP contribution in [0.1, 0.15) is 0 Å². The highest BCUT2D eigenvalue weighted by Crippen LogP contribution is 2.16. The maximum Gasteiger partial charge on any atom is 0.324 e. The second kappa shape index (κ2) is 9.77. The number of hydrogen-bond donors (Lipinski definition) is 3. The number of amides is 2. The molecule has 2 amide bonds. The summed E-state index contributed by atoms with van der Waals surface area (Å²) >= 11 is 0. The van der Waals surface area contributed by atoms with Crippen molar-refractivity contribution >= 4 is 23.4 Å². The number of urea groups is 1. The fraction of sp³-hybridized carbons (Fsp3) is 0.150. The number of nitrogens with zero attached hydrogens (tertiary/aromatic N) is 2. The molecule has 0 saturated carbocycles. The molecule has 0 aliphatic carbocycles. The summed E-state index contributed by atoms with van der Waals surface area (Å²) in [5.41, 5.74) is 0.697. The molecule has 1 aromatic heterocycles. The Labute approximate surface area is 162 Å². The van der Waals surface area contributed by atoms with E-state index in [0.717, 1.165) is 11.5 Å². The maximum absolute atomic E-state index is 11.9. The van der Waals surface area contributed by atoms with E-state index in [-0.39, 0.29) is 6.03 Å². The molecule has 3 aromatic rings. The lowest BCUT2D eigenvalue weighted by Crippen LogP contribution is -2.20. The molecule has 0 aliphatic rings. The van der Waals surface area contributed by atoms with Crippen LogP contribution in [0, 0.1) is 0 Å². The highest BCUT2D eigenvalue weighted by molar-refractivity contribution is 5.99. The number of nitrogens with one attached hydrogen (secondary N) is 3. The Morgan fingerprint density at radius 2 is 1.54 bits per heavy atom. The molecule has 0 radical (unpaired) electrons. The summed E-state index contributed by atoms with van der Waals surface area (Å²) in [5, 5.41) is 16.5. The number of ether oxygens (including phenoxy) is 2. The van der Waals surface area contributed by atoms with Gasteiger partial charge in [-0.05, 0) is 48.5 Å². The standard InChI is InChI=1S/C20H21N5O3/c1-27-16-7-9-17(10-8-16)28-14-13-21-18-11-12-19(25-24-18)23-20(26)22-15-5-3-2-4-6-15/h2-12H,13-14H2,1H3,(H,21,24)(H2,22,23,25,26). The second-order valence-electron chi connectivity index (χ2n) is 5.70. The molecule has 0 unspecified atom stereocenters. The number of aromatic nitrogens is 2. The van der Waals surface area contributed by atoms with Gasteiger partial charge in [0.05, 0.1) is 13.7 Å². The summed E-state index contributed by atoms with van der Waals surface area (Å²) in [5.74, 6) is 2.49. The van der Waals surface area contributed by atoms with Gasteiger partial charge in [0, 0.05) is 5.69 Å². The van der Waals surface area contributed by atoms with E-state index in [4.69, 9.17) is 9.47 Å². The lowest BCUT2D eigenvalue weighted by atomic mass is 10.3. The minimum atomic E-state index is -0.380. The molecule has 3 N–H and O–H groups in total. The summed E-state index contributed by atoms with van der Waals surface area (Å²) in [6.45, 7) is 1.02. The second-order valence-corrected chi connectivity index (χ2v) is 5.70. The first-order valence-corrected chi connectivity index (χ1v) is 8.70. The Kier molecular flexibility index (Phi) is 6.62. The van der Waals surface area contributed by atoms with Gasteiger partial charge < -0.3 is 20.1 Å². The molecule has 0 fully saturated rings. The first-order chi connectivity index (χ1) is 13.7. The van der Waals surface area contributed by atoms with Crippen molar-refractivity contribution in [1.82, 2.24) is 10.2 Å². The number of carbonyl (C=O) groups excluding carboxylic acids is 1. The predicted molar refractivity (Wildman–Crippen MR) is 108 cm³/mol. The Morgan fingerprint density at radius 3 is 2.21 bits per heavy atom. The van der Waals surface area contributed by atoms with Crippen molar-refractivity contribution in [2.24, 2.45) is 0 Å². The van der Waals surface area contributed by atoms with Crippen LogP contribution in [0.5, 0.6) is 11.5 Å². The molecule has 144 valence electrons. The van der Waals surface area contributed by atoms with E-state index in [1.807, 2.05) is 42.5 Å². The van der Waals surface area contributed by atoms with Crippen molar-refractivity contribution < 1.29 is 14.3 Å². The van der Waals surface area contributed by atoms with E-state index >= 15 is 0 Å². The Balaban J connectivity index is 1.39. The molecule has 0 saturated heterocycles. The molecule has 2 aromatic carbocycles.